The number of nitrogens with two attached hydrogens (primary N) is 1. The van der Waals surface area contributed by atoms with E-state index in [2.05, 4.69) is 0 Å². The predicted octanol–water partition coefficient (Wildman–Crippen LogP) is 1.64. The molecule has 0 amide bonds. The molecule has 4 nitrogen and oxygen atoms in total. The van der Waals surface area contributed by atoms with Gasteiger partial charge in [0.2, 0.25) is 10.0 Å². The summed E-state index contributed by atoms with van der Waals surface area (Å²) in [5, 5.41) is 0. The molecule has 0 aliphatic carbocycles. The van der Waals surface area contributed by atoms with Crippen molar-refractivity contribution in [1.82, 2.24) is 4.31 Å². The number of hydrogen-bond acceptors (Lipinski definition) is 3. The van der Waals surface area contributed by atoms with Crippen LogP contribution >= 0.6 is 0 Å². The molecule has 1 aliphatic heterocycles. The molecule has 1 aromatic rings. The third-order valence-corrected chi connectivity index (χ3v) is 6.22. The van der Waals surface area contributed by atoms with Gasteiger partial charge >= 0.3 is 0 Å². The van der Waals surface area contributed by atoms with Crippen molar-refractivity contribution >= 4 is 10.0 Å². The van der Waals surface area contributed by atoms with Crippen molar-refractivity contribution in [3.63, 3.8) is 0 Å². The molecule has 0 spiro atoms. The van der Waals surface area contributed by atoms with Gasteiger partial charge in [0.15, 0.2) is 0 Å². The summed E-state index contributed by atoms with van der Waals surface area (Å²) in [7, 11) is -3.42. The Morgan fingerprint density at radius 1 is 1.16 bits per heavy atom. The van der Waals surface area contributed by atoms with E-state index in [1.807, 2.05) is 33.8 Å². The molecule has 2 N–H and O–H groups in total. The van der Waals surface area contributed by atoms with Crippen LogP contribution in [0.5, 0.6) is 0 Å². The zero-order valence-corrected chi connectivity index (χ0v) is 12.8. The number of benzene rings is 1. The molecular weight excluding hydrogens is 260 g/mol. The first kappa shape index (κ1) is 14.5. The highest BCUT2D eigenvalue weighted by Crippen LogP contribution is 2.30. The van der Waals surface area contributed by atoms with E-state index in [-0.39, 0.29) is 6.04 Å². The van der Waals surface area contributed by atoms with Crippen LogP contribution in [-0.4, -0.2) is 31.9 Å². The molecule has 0 aromatic heterocycles. The van der Waals surface area contributed by atoms with Gasteiger partial charge in [-0.25, -0.2) is 8.42 Å². The standard InChI is InChI=1S/C14H22N2O2S/c1-9-7-10(2)12(4)14(11(9)3)19(17,18)16-6-5-13(15)8-16/h7,13H,5-6,8,15H2,1-4H3/t13-/m1/s1. The molecule has 0 radical (unpaired) electrons. The van der Waals surface area contributed by atoms with E-state index < -0.39 is 10.0 Å². The Labute approximate surface area is 115 Å². The van der Waals surface area contributed by atoms with Crippen molar-refractivity contribution in [2.45, 2.75) is 45.1 Å². The smallest absolute Gasteiger partial charge is 0.243 e. The third kappa shape index (κ3) is 2.42. The average molecular weight is 282 g/mol. The van der Waals surface area contributed by atoms with Crippen LogP contribution in [0.2, 0.25) is 0 Å². The number of sulfonamides is 1. The summed E-state index contributed by atoms with van der Waals surface area (Å²) in [5.74, 6) is 0. The van der Waals surface area contributed by atoms with E-state index >= 15 is 0 Å². The number of aryl methyl sites for hydroxylation is 2. The molecule has 0 bridgehead atoms. The van der Waals surface area contributed by atoms with Crippen molar-refractivity contribution in [3.8, 4) is 0 Å². The molecule has 1 atom stereocenters. The van der Waals surface area contributed by atoms with E-state index in [4.69, 9.17) is 5.73 Å². The maximum Gasteiger partial charge on any atom is 0.243 e. The van der Waals surface area contributed by atoms with Crippen molar-refractivity contribution in [3.05, 3.63) is 28.3 Å². The van der Waals surface area contributed by atoms with Crippen molar-refractivity contribution in [2.24, 2.45) is 5.73 Å². The highest BCUT2D eigenvalue weighted by Gasteiger charge is 2.33. The Bertz CT molecular complexity index is 582. The summed E-state index contributed by atoms with van der Waals surface area (Å²) >= 11 is 0. The van der Waals surface area contributed by atoms with Gasteiger partial charge in [-0.2, -0.15) is 4.31 Å². The van der Waals surface area contributed by atoms with Gasteiger partial charge in [0, 0.05) is 19.1 Å². The van der Waals surface area contributed by atoms with E-state index in [0.717, 1.165) is 28.7 Å². The maximum atomic E-state index is 12.8. The molecule has 5 heteroatoms. The Hall–Kier alpha value is -0.910. The molecule has 1 fully saturated rings. The second-order valence-electron chi connectivity index (χ2n) is 5.50. The molecule has 106 valence electrons. The van der Waals surface area contributed by atoms with Crippen LogP contribution < -0.4 is 5.73 Å². The molecule has 1 heterocycles. The van der Waals surface area contributed by atoms with Gasteiger partial charge < -0.3 is 5.73 Å². The van der Waals surface area contributed by atoms with Crippen LogP contribution in [0.1, 0.15) is 28.7 Å². The lowest BCUT2D eigenvalue weighted by Crippen LogP contribution is -2.33. The third-order valence-electron chi connectivity index (χ3n) is 4.08. The van der Waals surface area contributed by atoms with Crippen LogP contribution in [-0.2, 0) is 10.0 Å². The lowest BCUT2D eigenvalue weighted by molar-refractivity contribution is 0.471. The predicted molar refractivity (Wildman–Crippen MR) is 76.7 cm³/mol. The molecule has 0 saturated carbocycles. The van der Waals surface area contributed by atoms with Crippen LogP contribution in [0.15, 0.2) is 11.0 Å². The van der Waals surface area contributed by atoms with Gasteiger partial charge in [-0.15, -0.1) is 0 Å². The Morgan fingerprint density at radius 2 is 1.68 bits per heavy atom. The van der Waals surface area contributed by atoms with Gasteiger partial charge in [-0.3, -0.25) is 0 Å². The molecule has 1 aliphatic rings. The highest BCUT2D eigenvalue weighted by atomic mass is 32.2. The summed E-state index contributed by atoms with van der Waals surface area (Å²) in [6.07, 6.45) is 0.738. The van der Waals surface area contributed by atoms with Gasteiger partial charge in [0.25, 0.3) is 0 Å². The van der Waals surface area contributed by atoms with E-state index in [0.29, 0.717) is 18.0 Å². The fourth-order valence-corrected chi connectivity index (χ4v) is 4.76. The minimum atomic E-state index is -3.42. The number of rotatable bonds is 2. The molecule has 1 aromatic carbocycles. The Morgan fingerprint density at radius 3 is 2.11 bits per heavy atom. The molecular formula is C14H22N2O2S. The first-order valence-corrected chi connectivity index (χ1v) is 8.02. The summed E-state index contributed by atoms with van der Waals surface area (Å²) in [5.41, 5.74) is 9.57. The molecule has 0 unspecified atom stereocenters. The fraction of sp³-hybridized carbons (Fsp3) is 0.571. The first-order chi connectivity index (χ1) is 8.75. The molecule has 1 saturated heterocycles. The van der Waals surface area contributed by atoms with Gasteiger partial charge in [-0.1, -0.05) is 6.07 Å². The summed E-state index contributed by atoms with van der Waals surface area (Å²) < 4.78 is 27.1. The second kappa shape index (κ2) is 4.89. The quantitative estimate of drug-likeness (QED) is 0.897. The van der Waals surface area contributed by atoms with E-state index in [1.165, 1.54) is 4.31 Å². The van der Waals surface area contributed by atoms with Gasteiger partial charge in [0.1, 0.15) is 0 Å². The number of hydrogen-bond donors (Lipinski definition) is 1. The summed E-state index contributed by atoms with van der Waals surface area (Å²) in [6.45, 7) is 8.62. The highest BCUT2D eigenvalue weighted by molar-refractivity contribution is 7.89. The van der Waals surface area contributed by atoms with Crippen LogP contribution in [0.4, 0.5) is 0 Å². The molecule has 19 heavy (non-hydrogen) atoms. The van der Waals surface area contributed by atoms with Crippen LogP contribution in [0.3, 0.4) is 0 Å². The zero-order chi connectivity index (χ0) is 14.4. The first-order valence-electron chi connectivity index (χ1n) is 6.58. The van der Waals surface area contributed by atoms with Gasteiger partial charge in [-0.05, 0) is 56.4 Å². The maximum absolute atomic E-state index is 12.8. The van der Waals surface area contributed by atoms with Crippen molar-refractivity contribution < 1.29 is 8.42 Å². The Kier molecular flexibility index (Phi) is 3.73. The van der Waals surface area contributed by atoms with Crippen molar-refractivity contribution in [1.29, 1.82) is 0 Å². The van der Waals surface area contributed by atoms with Crippen LogP contribution in [0.25, 0.3) is 0 Å². The minimum absolute atomic E-state index is 0.0405. The molecule has 2 rings (SSSR count). The number of nitrogens with zero attached hydrogens (tertiary/aromatic N) is 1. The van der Waals surface area contributed by atoms with E-state index in [1.54, 1.807) is 0 Å². The average Bonchev–Trinajstić information content (AvgIpc) is 2.74. The topological polar surface area (TPSA) is 63.4 Å². The van der Waals surface area contributed by atoms with Crippen molar-refractivity contribution in [2.75, 3.05) is 13.1 Å². The normalized spacial score (nSPS) is 21.0. The van der Waals surface area contributed by atoms with Crippen LogP contribution in [0, 0.1) is 27.7 Å². The SMILES string of the molecule is Cc1cc(C)c(C)c(S(=O)(=O)N2CC[C@@H](N)C2)c1C. The monoisotopic (exact) mass is 282 g/mol. The second-order valence-corrected chi connectivity index (χ2v) is 7.38. The largest absolute Gasteiger partial charge is 0.326 e. The lowest BCUT2D eigenvalue weighted by atomic mass is 10.0. The lowest BCUT2D eigenvalue weighted by Gasteiger charge is -2.21. The minimum Gasteiger partial charge on any atom is -0.326 e. The zero-order valence-electron chi connectivity index (χ0n) is 12.0. The summed E-state index contributed by atoms with van der Waals surface area (Å²) in [4.78, 5) is 0.471. The summed E-state index contributed by atoms with van der Waals surface area (Å²) in [6, 6.07) is 2.00. The Balaban J connectivity index is 2.58. The fourth-order valence-electron chi connectivity index (χ4n) is 2.67. The van der Waals surface area contributed by atoms with Gasteiger partial charge in [0.05, 0.1) is 4.90 Å². The van der Waals surface area contributed by atoms with E-state index in [9.17, 15) is 8.42 Å².